The number of benzene rings is 1. The van der Waals surface area contributed by atoms with Gasteiger partial charge in [-0.2, -0.15) is 10.4 Å². The monoisotopic (exact) mass is 188 g/mol. The number of amides is 2. The maximum absolute atomic E-state index is 10.2. The van der Waals surface area contributed by atoms with E-state index in [-0.39, 0.29) is 0 Å². The van der Waals surface area contributed by atoms with Gasteiger partial charge in [0, 0.05) is 0 Å². The van der Waals surface area contributed by atoms with Gasteiger partial charge >= 0.3 is 6.03 Å². The molecule has 0 aliphatic carbocycles. The maximum Gasteiger partial charge on any atom is 0.332 e. The molecule has 0 saturated heterocycles. The molecule has 0 radical (unpaired) electrons. The molecule has 0 heterocycles. The first-order chi connectivity index (χ1) is 6.72. The smallest absolute Gasteiger partial charge is 0.332 e. The Morgan fingerprint density at radius 1 is 1.50 bits per heavy atom. The minimum atomic E-state index is -0.713. The van der Waals surface area contributed by atoms with Crippen molar-refractivity contribution >= 4 is 12.2 Å². The van der Waals surface area contributed by atoms with Gasteiger partial charge in [-0.05, 0) is 17.7 Å². The van der Waals surface area contributed by atoms with Gasteiger partial charge in [-0.3, -0.25) is 0 Å². The van der Waals surface area contributed by atoms with Crippen molar-refractivity contribution in [2.75, 3.05) is 0 Å². The molecule has 70 valence electrons. The zero-order valence-electron chi connectivity index (χ0n) is 7.27. The molecule has 1 aromatic rings. The summed E-state index contributed by atoms with van der Waals surface area (Å²) in [5, 5.41) is 12.1. The number of primary amides is 1. The first kappa shape index (κ1) is 9.74. The summed E-state index contributed by atoms with van der Waals surface area (Å²) in [6.45, 7) is 0. The van der Waals surface area contributed by atoms with Crippen molar-refractivity contribution in [2.24, 2.45) is 10.8 Å². The molecule has 0 atom stereocenters. The van der Waals surface area contributed by atoms with Gasteiger partial charge in [0.25, 0.3) is 0 Å². The van der Waals surface area contributed by atoms with Crippen molar-refractivity contribution in [3.8, 4) is 6.07 Å². The number of nitrogens with two attached hydrogens (primary N) is 1. The number of carbonyl (C=O) groups is 1. The van der Waals surface area contributed by atoms with Crippen LogP contribution in [-0.2, 0) is 0 Å². The van der Waals surface area contributed by atoms with Gasteiger partial charge in [0.1, 0.15) is 0 Å². The number of hydrazone groups is 1. The molecule has 2 amide bonds. The number of nitrogens with one attached hydrogen (secondary N) is 1. The third-order valence-electron chi connectivity index (χ3n) is 1.43. The minimum absolute atomic E-state index is 0.574. The SMILES string of the molecule is N#Cc1ccc(/C=N/NC(N)=O)cc1. The van der Waals surface area contributed by atoms with Gasteiger partial charge in [0.2, 0.25) is 0 Å². The lowest BCUT2D eigenvalue weighted by Gasteiger charge is -1.93. The number of carbonyl (C=O) groups excluding carboxylic acids is 1. The van der Waals surface area contributed by atoms with E-state index in [1.807, 2.05) is 6.07 Å². The van der Waals surface area contributed by atoms with Crippen LogP contribution in [0.1, 0.15) is 11.1 Å². The topological polar surface area (TPSA) is 91.3 Å². The molecule has 14 heavy (non-hydrogen) atoms. The van der Waals surface area contributed by atoms with Gasteiger partial charge in [-0.1, -0.05) is 12.1 Å². The van der Waals surface area contributed by atoms with E-state index in [1.54, 1.807) is 24.3 Å². The normalized spacial score (nSPS) is 9.64. The predicted molar refractivity (Wildman–Crippen MR) is 51.5 cm³/mol. The van der Waals surface area contributed by atoms with Crippen LogP contribution in [0.5, 0.6) is 0 Å². The van der Waals surface area contributed by atoms with Gasteiger partial charge in [0.05, 0.1) is 17.8 Å². The zero-order valence-corrected chi connectivity index (χ0v) is 7.27. The Morgan fingerprint density at radius 2 is 2.14 bits per heavy atom. The van der Waals surface area contributed by atoms with Crippen LogP contribution in [0.25, 0.3) is 0 Å². The van der Waals surface area contributed by atoms with Crippen molar-refractivity contribution in [1.82, 2.24) is 5.43 Å². The average molecular weight is 188 g/mol. The highest BCUT2D eigenvalue weighted by Gasteiger charge is 1.90. The number of nitrogens with zero attached hydrogens (tertiary/aromatic N) is 2. The molecule has 1 aromatic carbocycles. The average Bonchev–Trinajstić information content (AvgIpc) is 2.18. The van der Waals surface area contributed by atoms with Crippen molar-refractivity contribution < 1.29 is 4.79 Å². The summed E-state index contributed by atoms with van der Waals surface area (Å²) in [6, 6.07) is 8.02. The Bertz CT molecular complexity index is 388. The summed E-state index contributed by atoms with van der Waals surface area (Å²) in [6.07, 6.45) is 1.44. The molecule has 0 bridgehead atoms. The van der Waals surface area contributed by atoms with Gasteiger partial charge in [0.15, 0.2) is 0 Å². The summed E-state index contributed by atoms with van der Waals surface area (Å²) in [5.41, 5.74) is 8.21. The third-order valence-corrected chi connectivity index (χ3v) is 1.43. The molecule has 0 spiro atoms. The first-order valence-corrected chi connectivity index (χ1v) is 3.81. The van der Waals surface area contributed by atoms with Crippen LogP contribution in [0.3, 0.4) is 0 Å². The predicted octanol–water partition coefficient (Wildman–Crippen LogP) is 0.560. The summed E-state index contributed by atoms with van der Waals surface area (Å²) in [4.78, 5) is 10.2. The van der Waals surface area contributed by atoms with Gasteiger partial charge in [-0.25, -0.2) is 10.2 Å². The fourth-order valence-electron chi connectivity index (χ4n) is 0.814. The first-order valence-electron chi connectivity index (χ1n) is 3.81. The zero-order chi connectivity index (χ0) is 10.4. The van der Waals surface area contributed by atoms with Crippen LogP contribution in [0, 0.1) is 11.3 Å². The molecule has 0 fully saturated rings. The number of rotatable bonds is 2. The van der Waals surface area contributed by atoms with Crippen molar-refractivity contribution in [3.05, 3.63) is 35.4 Å². The summed E-state index contributed by atoms with van der Waals surface area (Å²) in [7, 11) is 0. The fraction of sp³-hybridized carbons (Fsp3) is 0. The number of hydrogen-bond acceptors (Lipinski definition) is 3. The van der Waals surface area contributed by atoms with Crippen LogP contribution in [0.15, 0.2) is 29.4 Å². The highest BCUT2D eigenvalue weighted by atomic mass is 16.2. The Hall–Kier alpha value is -2.35. The van der Waals surface area contributed by atoms with E-state index >= 15 is 0 Å². The molecule has 5 nitrogen and oxygen atoms in total. The van der Waals surface area contributed by atoms with Crippen molar-refractivity contribution in [2.45, 2.75) is 0 Å². The number of urea groups is 1. The second-order valence-electron chi connectivity index (χ2n) is 2.47. The van der Waals surface area contributed by atoms with E-state index in [0.29, 0.717) is 5.56 Å². The van der Waals surface area contributed by atoms with Gasteiger partial charge in [-0.15, -0.1) is 0 Å². The van der Waals surface area contributed by atoms with Crippen LogP contribution < -0.4 is 11.2 Å². The second kappa shape index (κ2) is 4.62. The minimum Gasteiger partial charge on any atom is -0.350 e. The molecule has 1 rings (SSSR count). The molecule has 0 aliphatic rings. The van der Waals surface area contributed by atoms with E-state index in [0.717, 1.165) is 5.56 Å². The molecule has 0 unspecified atom stereocenters. The Morgan fingerprint density at radius 3 is 2.64 bits per heavy atom. The Labute approximate surface area is 80.8 Å². The molecule has 3 N–H and O–H groups in total. The van der Waals surface area contributed by atoms with E-state index in [4.69, 9.17) is 11.0 Å². The summed E-state index contributed by atoms with van der Waals surface area (Å²) in [5.74, 6) is 0. The van der Waals surface area contributed by atoms with Crippen LogP contribution in [0.4, 0.5) is 4.79 Å². The number of hydrogen-bond donors (Lipinski definition) is 2. The lowest BCUT2D eigenvalue weighted by molar-refractivity contribution is 0.249. The quantitative estimate of drug-likeness (QED) is 0.524. The third kappa shape index (κ3) is 2.95. The molecular formula is C9H8N4O. The van der Waals surface area contributed by atoms with Crippen molar-refractivity contribution in [3.63, 3.8) is 0 Å². The van der Waals surface area contributed by atoms with Crippen LogP contribution in [0.2, 0.25) is 0 Å². The number of nitriles is 1. The Balaban J connectivity index is 2.65. The highest BCUT2D eigenvalue weighted by molar-refractivity contribution is 5.81. The van der Waals surface area contributed by atoms with E-state index in [1.165, 1.54) is 6.21 Å². The van der Waals surface area contributed by atoms with Crippen molar-refractivity contribution in [1.29, 1.82) is 5.26 Å². The lowest BCUT2D eigenvalue weighted by atomic mass is 10.2. The second-order valence-corrected chi connectivity index (χ2v) is 2.47. The standard InChI is InChI=1S/C9H8N4O/c10-5-7-1-3-8(4-2-7)6-12-13-9(11)14/h1-4,6H,(H3,11,13,14)/b12-6+. The van der Waals surface area contributed by atoms with E-state index in [9.17, 15) is 4.79 Å². The maximum atomic E-state index is 10.2. The summed E-state index contributed by atoms with van der Waals surface area (Å²) < 4.78 is 0. The van der Waals surface area contributed by atoms with Crippen LogP contribution >= 0.6 is 0 Å². The molecule has 0 aliphatic heterocycles. The Kier molecular flexibility index (Phi) is 3.21. The highest BCUT2D eigenvalue weighted by Crippen LogP contribution is 2.00. The van der Waals surface area contributed by atoms with Gasteiger partial charge < -0.3 is 5.73 Å². The van der Waals surface area contributed by atoms with Crippen LogP contribution in [-0.4, -0.2) is 12.2 Å². The molecule has 5 heteroatoms. The molecular weight excluding hydrogens is 180 g/mol. The fourth-order valence-corrected chi connectivity index (χ4v) is 0.814. The van der Waals surface area contributed by atoms with E-state index in [2.05, 4.69) is 10.5 Å². The lowest BCUT2D eigenvalue weighted by Crippen LogP contribution is -2.24. The molecule has 0 saturated carbocycles. The largest absolute Gasteiger partial charge is 0.350 e. The van der Waals surface area contributed by atoms with E-state index < -0.39 is 6.03 Å². The summed E-state index contributed by atoms with van der Waals surface area (Å²) >= 11 is 0. The molecule has 0 aromatic heterocycles.